The monoisotopic (exact) mass is 338 g/mol. The third kappa shape index (κ3) is 3.08. The number of hydrogen-bond donors (Lipinski definition) is 1. The van der Waals surface area contributed by atoms with Gasteiger partial charge in [-0.2, -0.15) is 5.26 Å². The molecule has 0 bridgehead atoms. The molecule has 98 valence electrons. The van der Waals surface area contributed by atoms with Crippen LogP contribution in [0.2, 0.25) is 0 Å². The Kier molecular flexibility index (Phi) is 4.45. The Hall–Kier alpha value is -1.52. The van der Waals surface area contributed by atoms with Crippen molar-refractivity contribution in [2.75, 3.05) is 0 Å². The third-order valence-electron chi connectivity index (χ3n) is 2.44. The fourth-order valence-corrected chi connectivity index (χ4v) is 3.07. The maximum Gasteiger partial charge on any atom is 0.343 e. The Bertz CT molecular complexity index is 686. The van der Waals surface area contributed by atoms with Gasteiger partial charge in [-0.15, -0.1) is 5.10 Å². The van der Waals surface area contributed by atoms with Gasteiger partial charge in [0.1, 0.15) is 6.07 Å². The van der Waals surface area contributed by atoms with Crippen LogP contribution in [-0.2, 0) is 6.54 Å². The van der Waals surface area contributed by atoms with Crippen molar-refractivity contribution < 1.29 is 0 Å². The van der Waals surface area contributed by atoms with Gasteiger partial charge in [0, 0.05) is 15.9 Å². The lowest BCUT2D eigenvalue weighted by Gasteiger charge is -2.05. The zero-order valence-electron chi connectivity index (χ0n) is 10.2. The number of nitriles is 1. The molecule has 1 aromatic carbocycles. The number of halogens is 1. The Morgan fingerprint density at radius 2 is 2.37 bits per heavy atom. The third-order valence-corrected chi connectivity index (χ3v) is 3.98. The molecule has 0 amide bonds. The van der Waals surface area contributed by atoms with Crippen LogP contribution in [0, 0.1) is 11.3 Å². The van der Waals surface area contributed by atoms with Crippen LogP contribution in [0.1, 0.15) is 18.9 Å². The lowest BCUT2D eigenvalue weighted by molar-refractivity contribution is 0.604. The number of rotatable bonds is 4. The van der Waals surface area contributed by atoms with E-state index in [-0.39, 0.29) is 5.69 Å². The number of H-pyrrole nitrogens is 1. The molecule has 0 radical (unpaired) electrons. The van der Waals surface area contributed by atoms with Crippen molar-refractivity contribution in [3.05, 3.63) is 38.7 Å². The zero-order chi connectivity index (χ0) is 13.8. The number of benzene rings is 1. The van der Waals surface area contributed by atoms with Crippen molar-refractivity contribution in [1.29, 1.82) is 5.26 Å². The SMILES string of the molecule is CCCn1c(Sc2cc(Br)ccc2C#N)n[nH]c1=O. The van der Waals surface area contributed by atoms with E-state index in [1.54, 1.807) is 10.6 Å². The molecular weight excluding hydrogens is 328 g/mol. The van der Waals surface area contributed by atoms with Crippen LogP contribution in [0.25, 0.3) is 0 Å². The predicted molar refractivity (Wildman–Crippen MR) is 76.1 cm³/mol. The van der Waals surface area contributed by atoms with Gasteiger partial charge < -0.3 is 0 Å². The molecule has 0 saturated heterocycles. The van der Waals surface area contributed by atoms with Crippen LogP contribution in [0.5, 0.6) is 0 Å². The highest BCUT2D eigenvalue weighted by Crippen LogP contribution is 2.30. The molecule has 0 fully saturated rings. The van der Waals surface area contributed by atoms with Gasteiger partial charge in [0.05, 0.1) is 5.56 Å². The highest BCUT2D eigenvalue weighted by atomic mass is 79.9. The van der Waals surface area contributed by atoms with E-state index in [0.717, 1.165) is 15.8 Å². The van der Waals surface area contributed by atoms with E-state index in [2.05, 4.69) is 32.2 Å². The molecular formula is C12H11BrN4OS. The molecule has 0 unspecified atom stereocenters. The number of nitrogens with one attached hydrogen (secondary N) is 1. The molecule has 0 spiro atoms. The lowest BCUT2D eigenvalue weighted by Crippen LogP contribution is -2.17. The Morgan fingerprint density at radius 3 is 3.05 bits per heavy atom. The number of nitrogens with zero attached hydrogens (tertiary/aromatic N) is 3. The minimum atomic E-state index is -0.224. The summed E-state index contributed by atoms with van der Waals surface area (Å²) < 4.78 is 2.46. The highest BCUT2D eigenvalue weighted by Gasteiger charge is 2.12. The van der Waals surface area contributed by atoms with Gasteiger partial charge in [0.25, 0.3) is 0 Å². The maximum atomic E-state index is 11.6. The van der Waals surface area contributed by atoms with E-state index in [1.807, 2.05) is 19.1 Å². The first-order chi connectivity index (χ1) is 9.15. The van der Waals surface area contributed by atoms with Crippen LogP contribution in [-0.4, -0.2) is 14.8 Å². The van der Waals surface area contributed by atoms with Crippen LogP contribution < -0.4 is 5.69 Å². The summed E-state index contributed by atoms with van der Waals surface area (Å²) >= 11 is 4.68. The topological polar surface area (TPSA) is 74.5 Å². The highest BCUT2D eigenvalue weighted by molar-refractivity contribution is 9.10. The second kappa shape index (κ2) is 6.08. The summed E-state index contributed by atoms with van der Waals surface area (Å²) in [6, 6.07) is 7.53. The van der Waals surface area contributed by atoms with Crippen LogP contribution >= 0.6 is 27.7 Å². The normalized spacial score (nSPS) is 10.4. The molecule has 5 nitrogen and oxygen atoms in total. The van der Waals surface area contributed by atoms with Gasteiger partial charge in [0.15, 0.2) is 5.16 Å². The summed E-state index contributed by atoms with van der Waals surface area (Å²) in [5.74, 6) is 0. The average Bonchev–Trinajstić information content (AvgIpc) is 2.72. The fraction of sp³-hybridized carbons (Fsp3) is 0.250. The van der Waals surface area contributed by atoms with Crippen molar-refractivity contribution in [1.82, 2.24) is 14.8 Å². The van der Waals surface area contributed by atoms with Crippen molar-refractivity contribution >= 4 is 27.7 Å². The van der Waals surface area contributed by atoms with Crippen LogP contribution in [0.3, 0.4) is 0 Å². The van der Waals surface area contributed by atoms with Crippen molar-refractivity contribution in [2.45, 2.75) is 29.9 Å². The van der Waals surface area contributed by atoms with Gasteiger partial charge in [-0.1, -0.05) is 22.9 Å². The molecule has 0 aliphatic carbocycles. The Morgan fingerprint density at radius 1 is 1.58 bits per heavy atom. The smallest absolute Gasteiger partial charge is 0.270 e. The predicted octanol–water partition coefficient (Wildman–Crippen LogP) is 2.77. The molecule has 0 saturated carbocycles. The molecule has 1 heterocycles. The van der Waals surface area contributed by atoms with Gasteiger partial charge in [-0.3, -0.25) is 4.57 Å². The Balaban J connectivity index is 2.39. The van der Waals surface area contributed by atoms with E-state index >= 15 is 0 Å². The maximum absolute atomic E-state index is 11.6. The van der Waals surface area contributed by atoms with E-state index in [4.69, 9.17) is 5.26 Å². The molecule has 7 heteroatoms. The average molecular weight is 339 g/mol. The summed E-state index contributed by atoms with van der Waals surface area (Å²) in [6.45, 7) is 2.60. The molecule has 0 atom stereocenters. The molecule has 1 aromatic heterocycles. The summed E-state index contributed by atoms with van der Waals surface area (Å²) in [5, 5.41) is 16.1. The first kappa shape index (κ1) is 13.9. The van der Waals surface area contributed by atoms with Crippen molar-refractivity contribution in [3.8, 4) is 6.07 Å². The molecule has 0 aliphatic rings. The van der Waals surface area contributed by atoms with E-state index < -0.39 is 0 Å². The first-order valence-corrected chi connectivity index (χ1v) is 7.29. The summed E-state index contributed by atoms with van der Waals surface area (Å²) in [7, 11) is 0. The second-order valence-corrected chi connectivity index (χ2v) is 5.74. The van der Waals surface area contributed by atoms with Crippen LogP contribution in [0.4, 0.5) is 0 Å². The molecule has 2 rings (SSSR count). The van der Waals surface area contributed by atoms with Gasteiger partial charge in [-0.05, 0) is 36.4 Å². The summed E-state index contributed by atoms with van der Waals surface area (Å²) in [6.07, 6.45) is 0.844. The standard InChI is InChI=1S/C12H11BrN4OS/c1-2-5-17-11(18)15-16-12(17)19-10-6-9(13)4-3-8(10)7-14/h3-4,6H,2,5H2,1H3,(H,15,18). The summed E-state index contributed by atoms with van der Waals surface area (Å²) in [5.41, 5.74) is 0.338. The molecule has 0 aliphatic heterocycles. The van der Waals surface area contributed by atoms with Crippen molar-refractivity contribution in [2.24, 2.45) is 0 Å². The number of aromatic amines is 1. The van der Waals surface area contributed by atoms with Gasteiger partial charge >= 0.3 is 5.69 Å². The Labute approximate surface area is 122 Å². The molecule has 19 heavy (non-hydrogen) atoms. The lowest BCUT2D eigenvalue weighted by atomic mass is 10.2. The minimum absolute atomic E-state index is 0.224. The van der Waals surface area contributed by atoms with Crippen molar-refractivity contribution in [3.63, 3.8) is 0 Å². The summed E-state index contributed by atoms with van der Waals surface area (Å²) in [4.78, 5) is 12.4. The first-order valence-electron chi connectivity index (χ1n) is 5.68. The van der Waals surface area contributed by atoms with Crippen LogP contribution in [0.15, 0.2) is 37.5 Å². The van der Waals surface area contributed by atoms with Gasteiger partial charge in [-0.25, -0.2) is 9.89 Å². The fourth-order valence-electron chi connectivity index (χ4n) is 1.57. The van der Waals surface area contributed by atoms with E-state index in [1.165, 1.54) is 11.8 Å². The largest absolute Gasteiger partial charge is 0.343 e. The number of aromatic nitrogens is 3. The molecule has 2 aromatic rings. The van der Waals surface area contributed by atoms with E-state index in [0.29, 0.717) is 17.3 Å². The quantitative estimate of drug-likeness (QED) is 0.929. The molecule has 1 N–H and O–H groups in total. The number of hydrogen-bond acceptors (Lipinski definition) is 4. The van der Waals surface area contributed by atoms with Gasteiger partial charge in [0.2, 0.25) is 0 Å². The zero-order valence-corrected chi connectivity index (χ0v) is 12.6. The minimum Gasteiger partial charge on any atom is -0.270 e. The second-order valence-electron chi connectivity index (χ2n) is 3.82. The van der Waals surface area contributed by atoms with E-state index in [9.17, 15) is 4.79 Å².